The highest BCUT2D eigenvalue weighted by atomic mass is 16.4. The van der Waals surface area contributed by atoms with Crippen LogP contribution < -0.4 is 11.3 Å². The van der Waals surface area contributed by atoms with Crippen LogP contribution in [0.15, 0.2) is 128 Å². The molecule has 0 spiro atoms. The van der Waals surface area contributed by atoms with Gasteiger partial charge in [-0.2, -0.15) is 0 Å². The molecule has 2 aromatic heterocycles. The molecule has 0 saturated heterocycles. The van der Waals surface area contributed by atoms with Crippen molar-refractivity contribution < 1.29 is 8.83 Å². The third-order valence-electron chi connectivity index (χ3n) is 11.5. The lowest BCUT2D eigenvalue weighted by Crippen LogP contribution is -2.15. The highest BCUT2D eigenvalue weighted by Crippen LogP contribution is 2.50. The van der Waals surface area contributed by atoms with E-state index < -0.39 is 5.41 Å². The van der Waals surface area contributed by atoms with Gasteiger partial charge in [-0.05, 0) is 113 Å². The fourth-order valence-corrected chi connectivity index (χ4v) is 8.27. The summed E-state index contributed by atoms with van der Waals surface area (Å²) in [6, 6.07) is 37.5. The summed E-state index contributed by atoms with van der Waals surface area (Å²) in [6.45, 7) is 17.7. The first-order valence-corrected chi connectivity index (χ1v) is 18.4. The predicted octanol–water partition coefficient (Wildman–Crippen LogP) is 12.4. The van der Waals surface area contributed by atoms with Crippen LogP contribution in [-0.2, 0) is 16.2 Å². The molecule has 0 N–H and O–H groups in total. The first-order chi connectivity index (χ1) is 25.1. The second-order valence-corrected chi connectivity index (χ2v) is 17.4. The first-order valence-electron chi connectivity index (χ1n) is 18.4. The quantitative estimate of drug-likeness (QED) is 0.133. The Bertz CT molecular complexity index is 2770. The summed E-state index contributed by atoms with van der Waals surface area (Å²) in [5.41, 5.74) is 9.84. The zero-order valence-corrected chi connectivity index (χ0v) is 31.5. The van der Waals surface area contributed by atoms with Gasteiger partial charge < -0.3 is 8.83 Å². The Kier molecular flexibility index (Phi) is 6.96. The Balaban J connectivity index is 1.13. The number of benzene rings is 6. The molecule has 262 valence electrons. The molecule has 1 aliphatic rings. The Labute approximate surface area is 308 Å². The largest absolute Gasteiger partial charge is 0.422 e. The second-order valence-electron chi connectivity index (χ2n) is 17.4. The van der Waals surface area contributed by atoms with Gasteiger partial charge in [-0.1, -0.05) is 128 Å². The van der Waals surface area contributed by atoms with Crippen molar-refractivity contribution >= 4 is 43.5 Å². The van der Waals surface area contributed by atoms with Crippen molar-refractivity contribution in [3.8, 4) is 33.4 Å². The van der Waals surface area contributed by atoms with Crippen LogP contribution in [0.25, 0.3) is 76.9 Å². The Morgan fingerprint density at radius 1 is 0.434 bits per heavy atom. The van der Waals surface area contributed by atoms with E-state index in [-0.39, 0.29) is 22.1 Å². The van der Waals surface area contributed by atoms with Gasteiger partial charge in [-0.3, -0.25) is 0 Å². The van der Waals surface area contributed by atoms with E-state index in [1.54, 1.807) is 0 Å². The van der Waals surface area contributed by atoms with Crippen molar-refractivity contribution in [3.63, 3.8) is 0 Å². The molecule has 4 heteroatoms. The molecule has 0 unspecified atom stereocenters. The molecular formula is C49H42O4. The summed E-state index contributed by atoms with van der Waals surface area (Å²) in [6.07, 6.45) is 0. The molecule has 6 aromatic carbocycles. The zero-order valence-electron chi connectivity index (χ0n) is 31.5. The minimum Gasteiger partial charge on any atom is -0.422 e. The zero-order chi connectivity index (χ0) is 37.2. The number of hydrogen-bond acceptors (Lipinski definition) is 4. The van der Waals surface area contributed by atoms with Crippen LogP contribution in [0, 0.1) is 0 Å². The van der Waals surface area contributed by atoms with Crippen LogP contribution in [0.4, 0.5) is 0 Å². The lowest BCUT2D eigenvalue weighted by atomic mass is 9.81. The van der Waals surface area contributed by atoms with Crippen molar-refractivity contribution in [1.82, 2.24) is 0 Å². The van der Waals surface area contributed by atoms with Crippen LogP contribution in [0.1, 0.15) is 77.6 Å². The normalized spacial score (nSPS) is 14.0. The molecule has 0 fully saturated rings. The van der Waals surface area contributed by atoms with E-state index in [1.807, 2.05) is 48.5 Å². The van der Waals surface area contributed by atoms with Gasteiger partial charge in [-0.15, -0.1) is 0 Å². The summed E-state index contributed by atoms with van der Waals surface area (Å²) >= 11 is 0. The van der Waals surface area contributed by atoms with Crippen LogP contribution in [0.2, 0.25) is 0 Å². The van der Waals surface area contributed by atoms with Crippen LogP contribution >= 0.6 is 0 Å². The molecule has 0 radical (unpaired) electrons. The van der Waals surface area contributed by atoms with Gasteiger partial charge in [0.2, 0.25) is 0 Å². The fourth-order valence-electron chi connectivity index (χ4n) is 8.27. The van der Waals surface area contributed by atoms with Crippen molar-refractivity contribution in [2.45, 2.75) is 71.6 Å². The van der Waals surface area contributed by atoms with E-state index in [0.29, 0.717) is 22.3 Å². The molecule has 4 nitrogen and oxygen atoms in total. The lowest BCUT2D eigenvalue weighted by Gasteiger charge is -2.22. The molecule has 8 aromatic rings. The minimum atomic E-state index is -0.392. The summed E-state index contributed by atoms with van der Waals surface area (Å²) in [5.74, 6) is 0. The molecule has 53 heavy (non-hydrogen) atoms. The molecule has 0 atom stereocenters. The third-order valence-corrected chi connectivity index (χ3v) is 11.5. The lowest BCUT2D eigenvalue weighted by molar-refractivity contribution is 0.563. The van der Waals surface area contributed by atoms with Gasteiger partial charge in [0.15, 0.2) is 0 Å². The Morgan fingerprint density at radius 3 is 1.25 bits per heavy atom. The third kappa shape index (κ3) is 5.18. The molecule has 0 aliphatic heterocycles. The number of rotatable bonds is 2. The van der Waals surface area contributed by atoms with Crippen molar-refractivity contribution in [2.75, 3.05) is 0 Å². The number of fused-ring (bicyclic) bond motifs is 9. The summed E-state index contributed by atoms with van der Waals surface area (Å²) < 4.78 is 11.9. The average Bonchev–Trinajstić information content (AvgIpc) is 3.34. The molecule has 1 aliphatic carbocycles. The molecule has 0 bridgehead atoms. The van der Waals surface area contributed by atoms with Gasteiger partial charge in [0.1, 0.15) is 11.2 Å². The highest BCUT2D eigenvalue weighted by Gasteiger charge is 2.36. The highest BCUT2D eigenvalue weighted by molar-refractivity contribution is 6.08. The fraction of sp³-hybridized carbons (Fsp3) is 0.224. The molecule has 2 heterocycles. The summed E-state index contributed by atoms with van der Waals surface area (Å²) in [5, 5.41) is 6.19. The Hall–Kier alpha value is -5.74. The Morgan fingerprint density at radius 2 is 0.849 bits per heavy atom. The van der Waals surface area contributed by atoms with E-state index in [4.69, 9.17) is 8.83 Å². The smallest absolute Gasteiger partial charge is 0.344 e. The van der Waals surface area contributed by atoms with E-state index in [9.17, 15) is 9.59 Å². The van der Waals surface area contributed by atoms with E-state index >= 15 is 0 Å². The van der Waals surface area contributed by atoms with Gasteiger partial charge in [0, 0.05) is 16.2 Å². The summed E-state index contributed by atoms with van der Waals surface area (Å²) in [7, 11) is 0. The van der Waals surface area contributed by atoms with Crippen molar-refractivity contribution in [1.29, 1.82) is 0 Å². The van der Waals surface area contributed by atoms with Gasteiger partial charge in [-0.25, -0.2) is 9.59 Å². The maximum Gasteiger partial charge on any atom is 0.344 e. The van der Waals surface area contributed by atoms with Crippen LogP contribution in [-0.4, -0.2) is 0 Å². The average molecular weight is 695 g/mol. The second kappa shape index (κ2) is 11.1. The molecule has 0 amide bonds. The minimum absolute atomic E-state index is 0.0286. The van der Waals surface area contributed by atoms with Crippen LogP contribution in [0.3, 0.4) is 0 Å². The molecular weight excluding hydrogens is 653 g/mol. The first kappa shape index (κ1) is 33.1. The predicted molar refractivity (Wildman–Crippen MR) is 219 cm³/mol. The number of hydrogen-bond donors (Lipinski definition) is 0. The SMILES string of the molecule is CC(C)(C)c1ccc2c(ccc3oc(=O)c(-c4ccc5c(c4)C(C)(C)c4cc(-c6cc7c(ccc8cc(C(C)(C)C)ccc87)oc6=O)ccc4-5)cc32)c1. The van der Waals surface area contributed by atoms with E-state index in [1.165, 1.54) is 11.1 Å². The maximum atomic E-state index is 13.5. The molecule has 9 rings (SSSR count). The van der Waals surface area contributed by atoms with E-state index in [0.717, 1.165) is 65.7 Å². The standard InChI is InChI=1S/C49H42O4/c1-47(2,3)31-13-17-33-27(21-31)11-19-43-39(33)25-37(45(50)52-43)29-9-15-35-36-16-10-30(24-42(36)49(7,8)41(35)23-29)38-26-40-34-18-14-32(48(4,5)6)22-28(34)12-20-44(40)53-46(38)51/h9-26H,1-8H3. The molecule has 0 saturated carbocycles. The van der Waals surface area contributed by atoms with Gasteiger partial charge >= 0.3 is 11.3 Å². The van der Waals surface area contributed by atoms with Crippen molar-refractivity contribution in [3.05, 3.63) is 152 Å². The van der Waals surface area contributed by atoms with Gasteiger partial charge in [0.05, 0.1) is 11.1 Å². The topological polar surface area (TPSA) is 60.4 Å². The maximum absolute atomic E-state index is 13.5. The van der Waals surface area contributed by atoms with E-state index in [2.05, 4.69) is 116 Å². The monoisotopic (exact) mass is 694 g/mol. The summed E-state index contributed by atoms with van der Waals surface area (Å²) in [4.78, 5) is 27.0. The van der Waals surface area contributed by atoms with Crippen molar-refractivity contribution in [2.24, 2.45) is 0 Å². The van der Waals surface area contributed by atoms with Gasteiger partial charge in [0.25, 0.3) is 0 Å². The van der Waals surface area contributed by atoms with Crippen LogP contribution in [0.5, 0.6) is 0 Å².